The molecule has 0 saturated carbocycles. The Morgan fingerprint density at radius 1 is 1.00 bits per heavy atom. The van der Waals surface area contributed by atoms with Gasteiger partial charge in [0.15, 0.2) is 6.61 Å². The van der Waals surface area contributed by atoms with Gasteiger partial charge in [-0.25, -0.2) is 4.79 Å². The van der Waals surface area contributed by atoms with Crippen LogP contribution in [0.3, 0.4) is 0 Å². The van der Waals surface area contributed by atoms with Crippen molar-refractivity contribution < 1.29 is 19.4 Å². The summed E-state index contributed by atoms with van der Waals surface area (Å²) in [5.41, 5.74) is 1.84. The maximum absolute atomic E-state index is 12.2. The number of carbonyl (C=O) groups excluding carboxylic acids is 2. The normalized spacial score (nSPS) is 10.8. The van der Waals surface area contributed by atoms with Crippen molar-refractivity contribution in [2.45, 2.75) is 19.8 Å². The summed E-state index contributed by atoms with van der Waals surface area (Å²) in [4.78, 5) is 24.2. The fourth-order valence-electron chi connectivity index (χ4n) is 2.78. The number of carbonyl (C=O) groups is 2. The van der Waals surface area contributed by atoms with E-state index in [0.29, 0.717) is 17.0 Å². The third kappa shape index (κ3) is 4.26. The van der Waals surface area contributed by atoms with Crippen molar-refractivity contribution in [3.05, 3.63) is 71.8 Å². The van der Waals surface area contributed by atoms with Crippen LogP contribution in [0.1, 0.15) is 35.7 Å². The molecule has 0 aliphatic rings. The number of fused-ring (bicyclic) bond motifs is 1. The maximum Gasteiger partial charge on any atom is 0.342 e. The van der Waals surface area contributed by atoms with Gasteiger partial charge >= 0.3 is 5.97 Å². The molecule has 0 spiro atoms. The molecule has 0 aliphatic heterocycles. The van der Waals surface area contributed by atoms with E-state index in [1.165, 1.54) is 11.6 Å². The third-order valence-electron chi connectivity index (χ3n) is 4.32. The topological polar surface area (TPSA) is 75.6 Å². The molecule has 5 nitrogen and oxygen atoms in total. The smallest absolute Gasteiger partial charge is 0.342 e. The van der Waals surface area contributed by atoms with E-state index in [4.69, 9.17) is 4.74 Å². The van der Waals surface area contributed by atoms with Crippen LogP contribution in [0.4, 0.5) is 5.69 Å². The highest BCUT2D eigenvalue weighted by Gasteiger charge is 2.16. The van der Waals surface area contributed by atoms with E-state index in [1.54, 1.807) is 18.2 Å². The van der Waals surface area contributed by atoms with Crippen molar-refractivity contribution in [2.75, 3.05) is 11.9 Å². The second-order valence-corrected chi connectivity index (χ2v) is 6.58. The molecule has 1 amide bonds. The predicted molar refractivity (Wildman–Crippen MR) is 105 cm³/mol. The van der Waals surface area contributed by atoms with Gasteiger partial charge in [-0.3, -0.25) is 4.79 Å². The Labute approximate surface area is 157 Å². The predicted octanol–water partition coefficient (Wildman–Crippen LogP) is 4.46. The molecule has 0 radical (unpaired) electrons. The minimum Gasteiger partial charge on any atom is -0.506 e. The van der Waals surface area contributed by atoms with E-state index in [2.05, 4.69) is 19.2 Å². The van der Waals surface area contributed by atoms with Crippen LogP contribution in [0.25, 0.3) is 10.8 Å². The number of phenolic OH excluding ortho intramolecular Hbond substituents is 1. The van der Waals surface area contributed by atoms with Crippen LogP contribution in [0.15, 0.2) is 60.7 Å². The first kappa shape index (κ1) is 18.5. The van der Waals surface area contributed by atoms with Gasteiger partial charge in [0.2, 0.25) is 0 Å². The first-order valence-electron chi connectivity index (χ1n) is 8.73. The molecule has 0 aliphatic carbocycles. The number of amides is 1. The highest BCUT2D eigenvalue weighted by molar-refractivity contribution is 6.02. The Bertz CT molecular complexity index is 977. The summed E-state index contributed by atoms with van der Waals surface area (Å²) in [5.74, 6) is -0.933. The Morgan fingerprint density at radius 3 is 2.41 bits per heavy atom. The highest BCUT2D eigenvalue weighted by Crippen LogP contribution is 2.29. The lowest BCUT2D eigenvalue weighted by atomic mass is 10.0. The fraction of sp³-hybridized carbons (Fsp3) is 0.182. The Morgan fingerprint density at radius 2 is 1.70 bits per heavy atom. The van der Waals surface area contributed by atoms with Gasteiger partial charge in [-0.1, -0.05) is 56.3 Å². The molecular weight excluding hydrogens is 342 g/mol. The molecule has 3 rings (SSSR count). The van der Waals surface area contributed by atoms with E-state index in [1.807, 2.05) is 36.4 Å². The van der Waals surface area contributed by atoms with Crippen LogP contribution in [-0.2, 0) is 9.53 Å². The third-order valence-corrected chi connectivity index (χ3v) is 4.32. The Balaban J connectivity index is 1.62. The highest BCUT2D eigenvalue weighted by atomic mass is 16.5. The first-order chi connectivity index (χ1) is 13.0. The average Bonchev–Trinajstić information content (AvgIpc) is 2.67. The minimum absolute atomic E-state index is 0.0304. The number of ether oxygens (including phenoxy) is 1. The number of phenols is 1. The fourth-order valence-corrected chi connectivity index (χ4v) is 2.78. The lowest BCUT2D eigenvalue weighted by Crippen LogP contribution is -2.21. The molecule has 0 heterocycles. The standard InChI is InChI=1S/C22H21NO4/c1-14(2)15-7-10-17(11-8-15)23-20(24)13-27-22(26)19-12-9-16-5-3-4-6-18(16)21(19)25/h3-12,14,25H,13H2,1-2H3,(H,23,24). The van der Waals surface area contributed by atoms with Crippen molar-refractivity contribution in [1.29, 1.82) is 0 Å². The molecule has 0 fully saturated rings. The molecule has 0 bridgehead atoms. The Kier molecular flexibility index (Phi) is 5.41. The van der Waals surface area contributed by atoms with Gasteiger partial charge in [0, 0.05) is 11.1 Å². The second-order valence-electron chi connectivity index (χ2n) is 6.58. The van der Waals surface area contributed by atoms with E-state index in [9.17, 15) is 14.7 Å². The summed E-state index contributed by atoms with van der Waals surface area (Å²) in [6.07, 6.45) is 0. The quantitative estimate of drug-likeness (QED) is 0.656. The lowest BCUT2D eigenvalue weighted by Gasteiger charge is -2.10. The molecule has 0 atom stereocenters. The summed E-state index contributed by atoms with van der Waals surface area (Å²) < 4.78 is 5.04. The number of nitrogens with one attached hydrogen (secondary N) is 1. The molecule has 3 aromatic rings. The summed E-state index contributed by atoms with van der Waals surface area (Å²) in [5, 5.41) is 14.3. The number of rotatable bonds is 5. The number of hydrogen-bond acceptors (Lipinski definition) is 4. The number of benzene rings is 3. The van der Waals surface area contributed by atoms with Crippen molar-refractivity contribution in [3.63, 3.8) is 0 Å². The Hall–Kier alpha value is -3.34. The van der Waals surface area contributed by atoms with Crippen LogP contribution in [-0.4, -0.2) is 23.6 Å². The zero-order chi connectivity index (χ0) is 19.4. The van der Waals surface area contributed by atoms with Crippen LogP contribution in [0, 0.1) is 0 Å². The van der Waals surface area contributed by atoms with Crippen LogP contribution < -0.4 is 5.32 Å². The number of esters is 1. The summed E-state index contributed by atoms with van der Waals surface area (Å²) >= 11 is 0. The summed E-state index contributed by atoms with van der Waals surface area (Å²) in [6, 6.07) is 17.9. The molecule has 27 heavy (non-hydrogen) atoms. The van der Waals surface area contributed by atoms with E-state index in [-0.39, 0.29) is 11.3 Å². The zero-order valence-electron chi connectivity index (χ0n) is 15.2. The molecule has 2 N–H and O–H groups in total. The SMILES string of the molecule is CC(C)c1ccc(NC(=O)COC(=O)c2ccc3ccccc3c2O)cc1. The molecule has 0 unspecified atom stereocenters. The van der Waals surface area contributed by atoms with Crippen molar-refractivity contribution >= 4 is 28.3 Å². The molecule has 3 aromatic carbocycles. The summed E-state index contributed by atoms with van der Waals surface area (Å²) in [6.45, 7) is 3.75. The zero-order valence-corrected chi connectivity index (χ0v) is 15.2. The second kappa shape index (κ2) is 7.91. The van der Waals surface area contributed by atoms with Crippen LogP contribution in [0.2, 0.25) is 0 Å². The molecule has 0 aromatic heterocycles. The van der Waals surface area contributed by atoms with Crippen LogP contribution in [0.5, 0.6) is 5.75 Å². The van der Waals surface area contributed by atoms with Crippen molar-refractivity contribution in [1.82, 2.24) is 0 Å². The van der Waals surface area contributed by atoms with Gasteiger partial charge in [0.1, 0.15) is 11.3 Å². The van der Waals surface area contributed by atoms with E-state index < -0.39 is 18.5 Å². The maximum atomic E-state index is 12.2. The largest absolute Gasteiger partial charge is 0.506 e. The van der Waals surface area contributed by atoms with Crippen molar-refractivity contribution in [2.24, 2.45) is 0 Å². The minimum atomic E-state index is -0.747. The number of aromatic hydroxyl groups is 1. The molecule has 5 heteroatoms. The molecule has 138 valence electrons. The average molecular weight is 363 g/mol. The van der Waals surface area contributed by atoms with Gasteiger partial charge in [-0.05, 0) is 35.1 Å². The first-order valence-corrected chi connectivity index (χ1v) is 8.73. The van der Waals surface area contributed by atoms with Crippen LogP contribution >= 0.6 is 0 Å². The van der Waals surface area contributed by atoms with Gasteiger partial charge in [0.25, 0.3) is 5.91 Å². The van der Waals surface area contributed by atoms with Gasteiger partial charge in [-0.15, -0.1) is 0 Å². The number of anilines is 1. The van der Waals surface area contributed by atoms with Crippen molar-refractivity contribution in [3.8, 4) is 5.75 Å². The monoisotopic (exact) mass is 363 g/mol. The lowest BCUT2D eigenvalue weighted by molar-refractivity contribution is -0.119. The molecule has 0 saturated heterocycles. The molecular formula is C22H21NO4. The van der Waals surface area contributed by atoms with Gasteiger partial charge < -0.3 is 15.2 Å². The number of hydrogen-bond donors (Lipinski definition) is 2. The van der Waals surface area contributed by atoms with E-state index >= 15 is 0 Å². The van der Waals surface area contributed by atoms with Gasteiger partial charge in [-0.2, -0.15) is 0 Å². The van der Waals surface area contributed by atoms with E-state index in [0.717, 1.165) is 5.39 Å². The summed E-state index contributed by atoms with van der Waals surface area (Å²) in [7, 11) is 0. The van der Waals surface area contributed by atoms with Gasteiger partial charge in [0.05, 0.1) is 0 Å².